The lowest BCUT2D eigenvalue weighted by Gasteiger charge is -2.10. The molecule has 4 nitrogen and oxygen atoms in total. The third-order valence-electron chi connectivity index (χ3n) is 3.04. The van der Waals surface area contributed by atoms with Crippen LogP contribution in [0.1, 0.15) is 6.42 Å². The lowest BCUT2D eigenvalue weighted by molar-refractivity contribution is -0.117. The summed E-state index contributed by atoms with van der Waals surface area (Å²) in [5.41, 5.74) is 0.949. The summed E-state index contributed by atoms with van der Waals surface area (Å²) in [6.07, 6.45) is 5.77. The summed E-state index contributed by atoms with van der Waals surface area (Å²) in [6.45, 7) is 0.540. The molecular weight excluding hydrogens is 258 g/mol. The van der Waals surface area contributed by atoms with E-state index in [-0.39, 0.29) is 11.8 Å². The Kier molecular flexibility index (Phi) is 3.02. The summed E-state index contributed by atoms with van der Waals surface area (Å²) in [5, 5.41) is 0.626. The number of hydrogen-bond donors (Lipinski definition) is 0. The summed E-state index contributed by atoms with van der Waals surface area (Å²) in [5.74, 6) is 3.29. The molecule has 1 aliphatic heterocycles. The van der Waals surface area contributed by atoms with Crippen LogP contribution in [0, 0.1) is 18.3 Å². The minimum atomic E-state index is -0.0171. The Morgan fingerprint density at radius 2 is 2.16 bits per heavy atom. The van der Waals surface area contributed by atoms with Crippen molar-refractivity contribution in [3.8, 4) is 23.7 Å². The quantitative estimate of drug-likeness (QED) is 0.785. The maximum Gasteiger partial charge on any atom is 0.230 e. The van der Waals surface area contributed by atoms with E-state index in [0.717, 1.165) is 5.56 Å². The Balaban J connectivity index is 1.87. The zero-order chi connectivity index (χ0) is 13.2. The van der Waals surface area contributed by atoms with Crippen LogP contribution in [-0.4, -0.2) is 21.8 Å². The Morgan fingerprint density at radius 3 is 2.84 bits per heavy atom. The summed E-state index contributed by atoms with van der Waals surface area (Å²) in [6, 6.07) is 9.71. The highest BCUT2D eigenvalue weighted by Gasteiger charge is 2.31. The van der Waals surface area contributed by atoms with E-state index in [1.54, 1.807) is 4.90 Å². The largest absolute Gasteiger partial charge is 0.286 e. The number of terminal acetylenes is 1. The molecule has 0 spiro atoms. The summed E-state index contributed by atoms with van der Waals surface area (Å²) < 4.78 is 4.30. The monoisotopic (exact) mass is 269 g/mol. The number of nitrogens with zero attached hydrogens (tertiary/aromatic N) is 3. The van der Waals surface area contributed by atoms with Crippen molar-refractivity contribution in [3.05, 3.63) is 30.3 Å². The summed E-state index contributed by atoms with van der Waals surface area (Å²) >= 11 is 1.23. The maximum absolute atomic E-state index is 11.9. The maximum atomic E-state index is 11.9. The van der Waals surface area contributed by atoms with E-state index in [1.807, 2.05) is 30.3 Å². The Bertz CT molecular complexity index is 644. The molecule has 1 saturated heterocycles. The molecule has 1 aromatic carbocycles. The SMILES string of the molecule is C#CC1CC(=O)N(c2nc(-c3ccccc3)ns2)C1. The first-order valence-corrected chi connectivity index (χ1v) is 6.71. The second-order valence-corrected chi connectivity index (χ2v) is 5.07. The van der Waals surface area contributed by atoms with Gasteiger partial charge in [0.2, 0.25) is 11.0 Å². The number of benzene rings is 1. The van der Waals surface area contributed by atoms with Gasteiger partial charge in [-0.3, -0.25) is 9.69 Å². The molecule has 0 aliphatic carbocycles. The third kappa shape index (κ3) is 2.23. The Hall–Kier alpha value is -2.19. The smallest absolute Gasteiger partial charge is 0.230 e. The standard InChI is InChI=1S/C14H11N3OS/c1-2-10-8-12(18)17(9-10)14-15-13(16-19-14)11-6-4-3-5-7-11/h1,3-7,10H,8-9H2. The van der Waals surface area contributed by atoms with Crippen molar-refractivity contribution in [2.45, 2.75) is 6.42 Å². The lowest BCUT2D eigenvalue weighted by Crippen LogP contribution is -2.24. The van der Waals surface area contributed by atoms with Gasteiger partial charge in [-0.25, -0.2) is 0 Å². The summed E-state index contributed by atoms with van der Waals surface area (Å²) in [7, 11) is 0. The van der Waals surface area contributed by atoms with Crippen LogP contribution < -0.4 is 4.90 Å². The van der Waals surface area contributed by atoms with Crippen LogP contribution in [0.3, 0.4) is 0 Å². The fraction of sp³-hybridized carbons (Fsp3) is 0.214. The molecule has 19 heavy (non-hydrogen) atoms. The van der Waals surface area contributed by atoms with E-state index in [2.05, 4.69) is 15.3 Å². The van der Waals surface area contributed by atoms with Crippen LogP contribution in [0.2, 0.25) is 0 Å². The van der Waals surface area contributed by atoms with Gasteiger partial charge in [-0.2, -0.15) is 9.36 Å². The Morgan fingerprint density at radius 1 is 1.37 bits per heavy atom. The number of hydrogen-bond acceptors (Lipinski definition) is 4. The molecule has 0 N–H and O–H groups in total. The average Bonchev–Trinajstić information content (AvgIpc) is 3.06. The fourth-order valence-electron chi connectivity index (χ4n) is 2.03. The minimum absolute atomic E-state index is 0.0171. The van der Waals surface area contributed by atoms with E-state index in [9.17, 15) is 4.79 Å². The van der Waals surface area contributed by atoms with Crippen molar-refractivity contribution in [3.63, 3.8) is 0 Å². The number of rotatable bonds is 2. The number of carbonyl (C=O) groups is 1. The molecule has 0 bridgehead atoms. The molecular formula is C14H11N3OS. The normalized spacial score (nSPS) is 18.6. The average molecular weight is 269 g/mol. The van der Waals surface area contributed by atoms with Crippen LogP contribution in [0.15, 0.2) is 30.3 Å². The first kappa shape index (κ1) is 11.9. The highest BCUT2D eigenvalue weighted by Crippen LogP contribution is 2.28. The molecule has 1 aromatic heterocycles. The zero-order valence-electron chi connectivity index (χ0n) is 10.1. The van der Waals surface area contributed by atoms with Gasteiger partial charge < -0.3 is 0 Å². The zero-order valence-corrected chi connectivity index (χ0v) is 10.9. The topological polar surface area (TPSA) is 46.1 Å². The number of carbonyl (C=O) groups excluding carboxylic acids is 1. The molecule has 1 fully saturated rings. The number of aromatic nitrogens is 2. The van der Waals surface area contributed by atoms with E-state index in [4.69, 9.17) is 6.42 Å². The van der Waals surface area contributed by atoms with Crippen LogP contribution in [0.25, 0.3) is 11.4 Å². The molecule has 5 heteroatoms. The molecule has 94 valence electrons. The molecule has 1 amide bonds. The molecule has 2 heterocycles. The fourth-order valence-corrected chi connectivity index (χ4v) is 2.75. The van der Waals surface area contributed by atoms with Crippen molar-refractivity contribution in [2.24, 2.45) is 5.92 Å². The second kappa shape index (κ2) is 4.82. The van der Waals surface area contributed by atoms with Crippen molar-refractivity contribution >= 4 is 22.6 Å². The van der Waals surface area contributed by atoms with Gasteiger partial charge >= 0.3 is 0 Å². The van der Waals surface area contributed by atoms with E-state index >= 15 is 0 Å². The molecule has 0 radical (unpaired) electrons. The van der Waals surface area contributed by atoms with Gasteiger partial charge in [0, 0.05) is 36.0 Å². The van der Waals surface area contributed by atoms with Crippen LogP contribution in [0.5, 0.6) is 0 Å². The van der Waals surface area contributed by atoms with Gasteiger partial charge in [0.25, 0.3) is 0 Å². The second-order valence-electron chi connectivity index (χ2n) is 4.34. The van der Waals surface area contributed by atoms with E-state index < -0.39 is 0 Å². The van der Waals surface area contributed by atoms with Gasteiger partial charge in [-0.15, -0.1) is 12.3 Å². The molecule has 1 unspecified atom stereocenters. The highest BCUT2D eigenvalue weighted by molar-refractivity contribution is 7.10. The predicted molar refractivity (Wildman–Crippen MR) is 74.6 cm³/mol. The van der Waals surface area contributed by atoms with Crippen molar-refractivity contribution in [2.75, 3.05) is 11.4 Å². The van der Waals surface area contributed by atoms with E-state index in [1.165, 1.54) is 11.5 Å². The molecule has 0 saturated carbocycles. The molecule has 1 atom stereocenters. The van der Waals surface area contributed by atoms with Gasteiger partial charge in [0.15, 0.2) is 5.82 Å². The van der Waals surface area contributed by atoms with Crippen molar-refractivity contribution in [1.82, 2.24) is 9.36 Å². The molecule has 1 aliphatic rings. The van der Waals surface area contributed by atoms with Crippen molar-refractivity contribution in [1.29, 1.82) is 0 Å². The molecule has 3 rings (SSSR count). The number of amides is 1. The number of anilines is 1. The highest BCUT2D eigenvalue weighted by atomic mass is 32.1. The van der Waals surface area contributed by atoms with Gasteiger partial charge in [-0.1, -0.05) is 30.3 Å². The lowest BCUT2D eigenvalue weighted by atomic mass is 10.1. The minimum Gasteiger partial charge on any atom is -0.286 e. The van der Waals surface area contributed by atoms with Crippen molar-refractivity contribution < 1.29 is 4.79 Å². The predicted octanol–water partition coefficient (Wildman–Crippen LogP) is 2.19. The van der Waals surface area contributed by atoms with Crippen LogP contribution >= 0.6 is 11.5 Å². The summed E-state index contributed by atoms with van der Waals surface area (Å²) in [4.78, 5) is 17.9. The van der Waals surface area contributed by atoms with Crippen LogP contribution in [0.4, 0.5) is 5.13 Å². The van der Waals surface area contributed by atoms with Gasteiger partial charge in [0.1, 0.15) is 0 Å². The first-order chi connectivity index (χ1) is 9.28. The first-order valence-electron chi connectivity index (χ1n) is 5.93. The molecule has 2 aromatic rings. The van der Waals surface area contributed by atoms with Gasteiger partial charge in [0.05, 0.1) is 0 Å². The van der Waals surface area contributed by atoms with E-state index in [0.29, 0.717) is 23.9 Å². The van der Waals surface area contributed by atoms with Gasteiger partial charge in [-0.05, 0) is 0 Å². The Labute approximate surface area is 115 Å². The third-order valence-corrected chi connectivity index (χ3v) is 3.78. The van der Waals surface area contributed by atoms with Crippen LogP contribution in [-0.2, 0) is 4.79 Å².